The average molecular weight is 386 g/mol. The number of rotatable bonds is 4. The highest BCUT2D eigenvalue weighted by Crippen LogP contribution is 2.36. The maximum absolute atomic E-state index is 13.2. The number of fused-ring (bicyclic) bond motifs is 1. The van der Waals surface area contributed by atoms with Gasteiger partial charge in [-0.2, -0.15) is 18.9 Å². The number of sulfonamides is 1. The van der Waals surface area contributed by atoms with Crippen LogP contribution in [0.4, 0.5) is 5.69 Å². The van der Waals surface area contributed by atoms with Gasteiger partial charge in [-0.05, 0) is 43.2 Å². The van der Waals surface area contributed by atoms with E-state index in [-0.39, 0.29) is 16.8 Å². The zero-order valence-corrected chi connectivity index (χ0v) is 15.4. The third-order valence-electron chi connectivity index (χ3n) is 4.54. The molecular weight excluding hydrogens is 368 g/mol. The number of carbonyl (C=O) groups excluding carboxylic acids is 1. The lowest BCUT2D eigenvalue weighted by atomic mass is 10.1. The Bertz CT molecular complexity index is 1090. The second-order valence-electron chi connectivity index (χ2n) is 6.32. The summed E-state index contributed by atoms with van der Waals surface area (Å²) >= 11 is 0. The van der Waals surface area contributed by atoms with Gasteiger partial charge in [-0.3, -0.25) is 4.79 Å². The first kappa shape index (κ1) is 17.6. The predicted molar refractivity (Wildman–Crippen MR) is 97.4 cm³/mol. The molecular formula is C17H18N6O3S. The number of anilines is 1. The standard InChI is InChI=1S/C17H18N6O3S/c1-12(24)21-13-4-6-14(7-5-13)27(25,26)22-10-2-3-15(22)16-8-9-18-17-19-11-20-23(16)17/h4-9,11,15H,2-3,10H2,1H3,(H,21,24)/t15-/m0/s1. The molecule has 1 aliphatic heterocycles. The number of nitrogens with zero attached hydrogens (tertiary/aromatic N) is 5. The molecule has 0 radical (unpaired) electrons. The number of amides is 1. The van der Waals surface area contributed by atoms with Crippen molar-refractivity contribution >= 4 is 27.4 Å². The molecule has 2 aromatic heterocycles. The van der Waals surface area contributed by atoms with Gasteiger partial charge in [0.25, 0.3) is 5.78 Å². The predicted octanol–water partition coefficient (Wildman–Crippen LogP) is 1.61. The second-order valence-corrected chi connectivity index (χ2v) is 8.21. The number of hydrogen-bond acceptors (Lipinski definition) is 6. The van der Waals surface area contributed by atoms with Gasteiger partial charge in [-0.25, -0.2) is 13.4 Å². The largest absolute Gasteiger partial charge is 0.326 e. The van der Waals surface area contributed by atoms with Crippen LogP contribution >= 0.6 is 0 Å². The smallest absolute Gasteiger partial charge is 0.252 e. The SMILES string of the molecule is CC(=O)Nc1ccc(S(=O)(=O)N2CCC[C@H]2c2ccnc3ncnn23)cc1. The van der Waals surface area contributed by atoms with E-state index >= 15 is 0 Å². The van der Waals surface area contributed by atoms with Gasteiger partial charge in [0.05, 0.1) is 16.6 Å². The minimum absolute atomic E-state index is 0.187. The molecule has 0 saturated carbocycles. The van der Waals surface area contributed by atoms with Crippen molar-refractivity contribution in [1.29, 1.82) is 0 Å². The Labute approximate surface area is 156 Å². The second kappa shape index (κ2) is 6.71. The Morgan fingerprint density at radius 1 is 1.19 bits per heavy atom. The van der Waals surface area contributed by atoms with E-state index in [1.807, 2.05) is 0 Å². The van der Waals surface area contributed by atoms with Crippen LogP contribution in [0.25, 0.3) is 5.78 Å². The fourth-order valence-corrected chi connectivity index (χ4v) is 5.05. The van der Waals surface area contributed by atoms with Crippen molar-refractivity contribution in [3.63, 3.8) is 0 Å². The molecule has 0 aliphatic carbocycles. The van der Waals surface area contributed by atoms with Crippen LogP contribution in [0.3, 0.4) is 0 Å². The highest BCUT2D eigenvalue weighted by molar-refractivity contribution is 7.89. The number of benzene rings is 1. The van der Waals surface area contributed by atoms with E-state index in [2.05, 4.69) is 20.4 Å². The molecule has 1 aliphatic rings. The molecule has 1 atom stereocenters. The molecule has 140 valence electrons. The zero-order valence-electron chi connectivity index (χ0n) is 14.6. The van der Waals surface area contributed by atoms with Crippen LogP contribution < -0.4 is 5.32 Å². The van der Waals surface area contributed by atoms with E-state index in [4.69, 9.17) is 0 Å². The van der Waals surface area contributed by atoms with Gasteiger partial charge in [0.2, 0.25) is 15.9 Å². The number of carbonyl (C=O) groups is 1. The molecule has 27 heavy (non-hydrogen) atoms. The molecule has 0 unspecified atom stereocenters. The Morgan fingerprint density at radius 2 is 1.96 bits per heavy atom. The highest BCUT2D eigenvalue weighted by Gasteiger charge is 2.37. The number of hydrogen-bond donors (Lipinski definition) is 1. The van der Waals surface area contributed by atoms with E-state index in [1.165, 1.54) is 29.7 Å². The van der Waals surface area contributed by atoms with Crippen molar-refractivity contribution in [2.45, 2.75) is 30.7 Å². The molecule has 3 aromatic rings. The summed E-state index contributed by atoms with van der Waals surface area (Å²) in [5.41, 5.74) is 1.30. The van der Waals surface area contributed by atoms with Crippen molar-refractivity contribution in [2.75, 3.05) is 11.9 Å². The fraction of sp³-hybridized carbons (Fsp3) is 0.294. The molecule has 0 spiro atoms. The lowest BCUT2D eigenvalue weighted by molar-refractivity contribution is -0.114. The summed E-state index contributed by atoms with van der Waals surface area (Å²) in [6, 6.07) is 7.63. The molecule has 4 rings (SSSR count). The normalized spacial score (nSPS) is 18.0. The van der Waals surface area contributed by atoms with E-state index in [0.717, 1.165) is 12.1 Å². The summed E-state index contributed by atoms with van der Waals surface area (Å²) in [5, 5.41) is 6.80. The van der Waals surface area contributed by atoms with Crippen LogP contribution in [-0.4, -0.2) is 44.8 Å². The third-order valence-corrected chi connectivity index (χ3v) is 6.46. The molecule has 1 amide bonds. The Hall–Kier alpha value is -2.85. The summed E-state index contributed by atoms with van der Waals surface area (Å²) in [4.78, 5) is 19.5. The molecule has 10 heteroatoms. The van der Waals surface area contributed by atoms with Crippen LogP contribution in [0.2, 0.25) is 0 Å². The van der Waals surface area contributed by atoms with E-state index in [9.17, 15) is 13.2 Å². The number of aromatic nitrogens is 4. The van der Waals surface area contributed by atoms with Gasteiger partial charge in [-0.1, -0.05) is 0 Å². The summed E-state index contributed by atoms with van der Waals surface area (Å²) in [7, 11) is -3.69. The van der Waals surface area contributed by atoms with E-state index in [1.54, 1.807) is 28.9 Å². The first-order valence-electron chi connectivity index (χ1n) is 8.51. The van der Waals surface area contributed by atoms with Gasteiger partial charge in [0.15, 0.2) is 0 Å². The van der Waals surface area contributed by atoms with Crippen LogP contribution in [0.1, 0.15) is 31.5 Å². The van der Waals surface area contributed by atoms with Crippen molar-refractivity contribution in [2.24, 2.45) is 0 Å². The quantitative estimate of drug-likeness (QED) is 0.729. The summed E-state index contributed by atoms with van der Waals surface area (Å²) in [6.07, 6.45) is 4.47. The average Bonchev–Trinajstić information content (AvgIpc) is 3.31. The monoisotopic (exact) mass is 386 g/mol. The third kappa shape index (κ3) is 3.17. The number of nitrogens with one attached hydrogen (secondary N) is 1. The summed E-state index contributed by atoms with van der Waals surface area (Å²) in [5.74, 6) is 0.233. The van der Waals surface area contributed by atoms with Crippen molar-refractivity contribution in [1.82, 2.24) is 23.9 Å². The van der Waals surface area contributed by atoms with Crippen molar-refractivity contribution in [3.8, 4) is 0 Å². The Balaban J connectivity index is 1.68. The molecule has 9 nitrogen and oxygen atoms in total. The minimum atomic E-state index is -3.69. The lowest BCUT2D eigenvalue weighted by Gasteiger charge is -2.24. The zero-order chi connectivity index (χ0) is 19.0. The molecule has 1 aromatic carbocycles. The first-order valence-corrected chi connectivity index (χ1v) is 9.95. The van der Waals surface area contributed by atoms with Gasteiger partial charge in [0, 0.05) is 25.4 Å². The Kier molecular flexibility index (Phi) is 4.36. The first-order chi connectivity index (χ1) is 13.0. The molecule has 1 fully saturated rings. The van der Waals surface area contributed by atoms with Gasteiger partial charge >= 0.3 is 0 Å². The van der Waals surface area contributed by atoms with Gasteiger partial charge in [-0.15, -0.1) is 0 Å². The fourth-order valence-electron chi connectivity index (χ4n) is 3.38. The summed E-state index contributed by atoms with van der Waals surface area (Å²) in [6.45, 7) is 1.83. The van der Waals surface area contributed by atoms with Gasteiger partial charge < -0.3 is 5.32 Å². The van der Waals surface area contributed by atoms with Gasteiger partial charge in [0.1, 0.15) is 6.33 Å². The van der Waals surface area contributed by atoms with E-state index < -0.39 is 10.0 Å². The molecule has 0 bridgehead atoms. The maximum atomic E-state index is 13.2. The van der Waals surface area contributed by atoms with Crippen LogP contribution in [0.5, 0.6) is 0 Å². The maximum Gasteiger partial charge on any atom is 0.252 e. The molecule has 3 heterocycles. The van der Waals surface area contributed by atoms with Crippen LogP contribution in [0.15, 0.2) is 47.8 Å². The summed E-state index contributed by atoms with van der Waals surface area (Å²) < 4.78 is 29.5. The molecule has 1 saturated heterocycles. The lowest BCUT2D eigenvalue weighted by Crippen LogP contribution is -2.31. The van der Waals surface area contributed by atoms with Crippen LogP contribution in [0, 0.1) is 0 Å². The van der Waals surface area contributed by atoms with Crippen molar-refractivity contribution < 1.29 is 13.2 Å². The van der Waals surface area contributed by atoms with Crippen molar-refractivity contribution in [3.05, 3.63) is 48.5 Å². The highest BCUT2D eigenvalue weighted by atomic mass is 32.2. The molecule has 1 N–H and O–H groups in total. The Morgan fingerprint density at radius 3 is 2.70 bits per heavy atom. The van der Waals surface area contributed by atoms with E-state index in [0.29, 0.717) is 24.4 Å². The topological polar surface area (TPSA) is 110 Å². The minimum Gasteiger partial charge on any atom is -0.326 e. The van der Waals surface area contributed by atoms with Crippen LogP contribution in [-0.2, 0) is 14.8 Å².